The first-order valence-corrected chi connectivity index (χ1v) is 8.93. The molecule has 1 aliphatic rings. The zero-order chi connectivity index (χ0) is 18.5. The van der Waals surface area contributed by atoms with Crippen molar-refractivity contribution in [3.8, 4) is 11.1 Å². The van der Waals surface area contributed by atoms with Gasteiger partial charge in [-0.25, -0.2) is 9.78 Å². The van der Waals surface area contributed by atoms with Crippen molar-refractivity contribution in [3.05, 3.63) is 53.9 Å². The SMILES string of the molecule is COC(=O)CC1CCC(c2ccc(-c3ccc(C(=O)O)nc3)cc2)CC1. The Morgan fingerprint density at radius 2 is 1.69 bits per heavy atom. The first-order chi connectivity index (χ1) is 12.6. The van der Waals surface area contributed by atoms with Crippen molar-refractivity contribution >= 4 is 11.9 Å². The molecule has 0 spiro atoms. The Labute approximate surface area is 153 Å². The fourth-order valence-electron chi connectivity index (χ4n) is 3.66. The lowest BCUT2D eigenvalue weighted by Crippen LogP contribution is -2.17. The number of aromatic carboxylic acids is 1. The molecule has 1 aliphatic carbocycles. The van der Waals surface area contributed by atoms with Crippen LogP contribution in [0.5, 0.6) is 0 Å². The van der Waals surface area contributed by atoms with Gasteiger partial charge in [-0.05, 0) is 54.7 Å². The number of methoxy groups -OCH3 is 1. The van der Waals surface area contributed by atoms with Crippen molar-refractivity contribution in [2.45, 2.75) is 38.0 Å². The van der Waals surface area contributed by atoms with Crippen molar-refractivity contribution in [1.82, 2.24) is 4.98 Å². The van der Waals surface area contributed by atoms with E-state index < -0.39 is 5.97 Å². The molecule has 2 aromatic rings. The maximum absolute atomic E-state index is 11.4. The summed E-state index contributed by atoms with van der Waals surface area (Å²) in [6.07, 6.45) is 6.42. The number of hydrogen-bond donors (Lipinski definition) is 1. The number of ether oxygens (including phenoxy) is 1. The monoisotopic (exact) mass is 353 g/mol. The molecule has 0 unspecified atom stereocenters. The number of carbonyl (C=O) groups excluding carboxylic acids is 1. The van der Waals surface area contributed by atoms with Crippen molar-refractivity contribution in [3.63, 3.8) is 0 Å². The van der Waals surface area contributed by atoms with Gasteiger partial charge in [-0.2, -0.15) is 0 Å². The summed E-state index contributed by atoms with van der Waals surface area (Å²) in [5, 5.41) is 8.92. The highest BCUT2D eigenvalue weighted by molar-refractivity contribution is 5.85. The second-order valence-electron chi connectivity index (χ2n) is 6.86. The summed E-state index contributed by atoms with van der Waals surface area (Å²) in [6.45, 7) is 0. The van der Waals surface area contributed by atoms with E-state index in [-0.39, 0.29) is 11.7 Å². The lowest BCUT2D eigenvalue weighted by molar-refractivity contribution is -0.142. The third kappa shape index (κ3) is 4.28. The van der Waals surface area contributed by atoms with Gasteiger partial charge in [0.25, 0.3) is 0 Å². The molecule has 0 radical (unpaired) electrons. The number of carbonyl (C=O) groups is 2. The number of hydrogen-bond acceptors (Lipinski definition) is 4. The molecule has 1 saturated carbocycles. The maximum atomic E-state index is 11.4. The average molecular weight is 353 g/mol. The van der Waals surface area contributed by atoms with E-state index in [1.54, 1.807) is 12.3 Å². The number of carboxylic acids is 1. The topological polar surface area (TPSA) is 76.5 Å². The molecule has 136 valence electrons. The highest BCUT2D eigenvalue weighted by atomic mass is 16.5. The Bertz CT molecular complexity index is 760. The number of esters is 1. The quantitative estimate of drug-likeness (QED) is 0.812. The third-order valence-electron chi connectivity index (χ3n) is 5.23. The molecule has 0 bridgehead atoms. The number of benzene rings is 1. The molecule has 26 heavy (non-hydrogen) atoms. The second kappa shape index (κ2) is 8.13. The van der Waals surface area contributed by atoms with E-state index in [9.17, 15) is 9.59 Å². The summed E-state index contributed by atoms with van der Waals surface area (Å²) in [7, 11) is 1.44. The lowest BCUT2D eigenvalue weighted by Gasteiger charge is -2.28. The summed E-state index contributed by atoms with van der Waals surface area (Å²) in [6, 6.07) is 11.7. The van der Waals surface area contributed by atoms with Gasteiger partial charge in [0.15, 0.2) is 0 Å². The van der Waals surface area contributed by atoms with Crippen molar-refractivity contribution in [2.24, 2.45) is 5.92 Å². The summed E-state index contributed by atoms with van der Waals surface area (Å²) in [4.78, 5) is 26.3. The molecule has 1 aromatic carbocycles. The molecular formula is C21H23NO4. The van der Waals surface area contributed by atoms with E-state index >= 15 is 0 Å². The first-order valence-electron chi connectivity index (χ1n) is 8.93. The molecule has 5 nitrogen and oxygen atoms in total. The van der Waals surface area contributed by atoms with Crippen LogP contribution in [-0.2, 0) is 9.53 Å². The van der Waals surface area contributed by atoms with Crippen LogP contribution in [0.15, 0.2) is 42.6 Å². The van der Waals surface area contributed by atoms with E-state index in [0.29, 0.717) is 18.3 Å². The predicted octanol–water partition coefficient (Wildman–Crippen LogP) is 4.28. The maximum Gasteiger partial charge on any atom is 0.354 e. The van der Waals surface area contributed by atoms with Crippen LogP contribution in [-0.4, -0.2) is 29.1 Å². The van der Waals surface area contributed by atoms with E-state index in [2.05, 4.69) is 29.2 Å². The van der Waals surface area contributed by atoms with Crippen molar-refractivity contribution < 1.29 is 19.4 Å². The summed E-state index contributed by atoms with van der Waals surface area (Å²) in [5.41, 5.74) is 3.30. The van der Waals surface area contributed by atoms with E-state index in [1.165, 1.54) is 18.7 Å². The molecule has 0 atom stereocenters. The Balaban J connectivity index is 1.61. The van der Waals surface area contributed by atoms with Gasteiger partial charge < -0.3 is 9.84 Å². The Morgan fingerprint density at radius 3 is 2.23 bits per heavy atom. The molecule has 3 rings (SSSR count). The highest BCUT2D eigenvalue weighted by Gasteiger charge is 2.24. The number of pyridine rings is 1. The molecule has 1 aromatic heterocycles. The Hall–Kier alpha value is -2.69. The van der Waals surface area contributed by atoms with E-state index in [1.807, 2.05) is 0 Å². The molecule has 0 aliphatic heterocycles. The molecule has 0 amide bonds. The van der Waals surface area contributed by atoms with Gasteiger partial charge in [-0.1, -0.05) is 30.3 Å². The van der Waals surface area contributed by atoms with Gasteiger partial charge in [0.05, 0.1) is 7.11 Å². The minimum Gasteiger partial charge on any atom is -0.477 e. The normalized spacial score (nSPS) is 19.7. The summed E-state index contributed by atoms with van der Waals surface area (Å²) >= 11 is 0. The fourth-order valence-corrected chi connectivity index (χ4v) is 3.66. The van der Waals surface area contributed by atoms with Gasteiger partial charge in [0, 0.05) is 18.2 Å². The van der Waals surface area contributed by atoms with Crippen LogP contribution in [0.4, 0.5) is 0 Å². The Kier molecular flexibility index (Phi) is 5.66. The van der Waals surface area contributed by atoms with Crippen LogP contribution in [0.3, 0.4) is 0 Å². The van der Waals surface area contributed by atoms with Crippen molar-refractivity contribution in [2.75, 3.05) is 7.11 Å². The second-order valence-corrected chi connectivity index (χ2v) is 6.86. The van der Waals surface area contributed by atoms with E-state index in [0.717, 1.165) is 36.8 Å². The van der Waals surface area contributed by atoms with Gasteiger partial charge in [-0.15, -0.1) is 0 Å². The largest absolute Gasteiger partial charge is 0.477 e. The molecule has 5 heteroatoms. The lowest BCUT2D eigenvalue weighted by atomic mass is 9.77. The fraction of sp³-hybridized carbons (Fsp3) is 0.381. The van der Waals surface area contributed by atoms with E-state index in [4.69, 9.17) is 9.84 Å². The van der Waals surface area contributed by atoms with Crippen LogP contribution >= 0.6 is 0 Å². The molecule has 1 N–H and O–H groups in total. The van der Waals surface area contributed by atoms with Crippen LogP contribution < -0.4 is 0 Å². The predicted molar refractivity (Wildman–Crippen MR) is 98.0 cm³/mol. The number of rotatable bonds is 5. The Morgan fingerprint density at radius 1 is 1.04 bits per heavy atom. The number of nitrogens with zero attached hydrogens (tertiary/aromatic N) is 1. The van der Waals surface area contributed by atoms with Crippen molar-refractivity contribution in [1.29, 1.82) is 0 Å². The minimum atomic E-state index is -1.02. The number of aromatic nitrogens is 1. The molecule has 0 saturated heterocycles. The van der Waals surface area contributed by atoms with Crippen LogP contribution in [0.1, 0.15) is 54.1 Å². The van der Waals surface area contributed by atoms with Crippen LogP contribution in [0.25, 0.3) is 11.1 Å². The first kappa shape index (κ1) is 18.1. The summed E-state index contributed by atoms with van der Waals surface area (Å²) < 4.78 is 4.76. The van der Waals surface area contributed by atoms with Gasteiger partial charge in [0.2, 0.25) is 0 Å². The zero-order valence-corrected chi connectivity index (χ0v) is 14.9. The zero-order valence-electron chi connectivity index (χ0n) is 14.9. The standard InChI is InChI=1S/C21H23NO4/c1-26-20(23)12-14-2-4-15(5-3-14)16-6-8-17(9-7-16)18-10-11-19(21(24)25)22-13-18/h6-11,13-15H,2-5,12H2,1H3,(H,24,25). The number of carboxylic acid groups (broad SMARTS) is 1. The van der Waals surface area contributed by atoms with Crippen LogP contribution in [0, 0.1) is 5.92 Å². The minimum absolute atomic E-state index is 0.0501. The smallest absolute Gasteiger partial charge is 0.354 e. The summed E-state index contributed by atoms with van der Waals surface area (Å²) in [5.74, 6) is -0.155. The van der Waals surface area contributed by atoms with Gasteiger partial charge in [0.1, 0.15) is 5.69 Å². The molecule has 1 fully saturated rings. The highest BCUT2D eigenvalue weighted by Crippen LogP contribution is 2.37. The van der Waals surface area contributed by atoms with Gasteiger partial charge in [-0.3, -0.25) is 4.79 Å². The molecule has 1 heterocycles. The van der Waals surface area contributed by atoms with Crippen LogP contribution in [0.2, 0.25) is 0 Å². The third-order valence-corrected chi connectivity index (χ3v) is 5.23. The average Bonchev–Trinajstić information content (AvgIpc) is 2.68. The van der Waals surface area contributed by atoms with Gasteiger partial charge >= 0.3 is 11.9 Å². The molecular weight excluding hydrogens is 330 g/mol.